The number of anilines is 1. The third-order valence-corrected chi connectivity index (χ3v) is 4.17. The third-order valence-electron chi connectivity index (χ3n) is 4.17. The number of hydrogen-bond acceptors (Lipinski definition) is 7. The smallest absolute Gasteiger partial charge is 0.323 e. The standard InChI is InChI=1S/C16H23N5O4/c1-9-17-14(25-19-9)11-6-10(23-5)8-21(11)15(22)18-13-7-12(24-20-13)16(2,3)4/h7,10-11H,6,8H2,1-5H3,(H,18,20,22)/t10-,11+/m0/s1. The molecule has 0 spiro atoms. The van der Waals surface area contributed by atoms with E-state index >= 15 is 0 Å². The first-order valence-electron chi connectivity index (χ1n) is 8.15. The predicted molar refractivity (Wildman–Crippen MR) is 88.1 cm³/mol. The SMILES string of the molecule is CO[C@H]1C[C@H](c2nc(C)no2)N(C(=O)Nc2cc(C(C)(C)C)on2)C1. The lowest BCUT2D eigenvalue weighted by molar-refractivity contribution is 0.111. The Bertz CT molecular complexity index is 748. The fraction of sp³-hybridized carbons (Fsp3) is 0.625. The first kappa shape index (κ1) is 17.4. The molecule has 3 heterocycles. The van der Waals surface area contributed by atoms with Crippen LogP contribution in [0.25, 0.3) is 0 Å². The van der Waals surface area contributed by atoms with Crippen LogP contribution in [0.3, 0.4) is 0 Å². The Morgan fingerprint density at radius 1 is 1.36 bits per heavy atom. The lowest BCUT2D eigenvalue weighted by Crippen LogP contribution is -2.35. The summed E-state index contributed by atoms with van der Waals surface area (Å²) in [5, 5.41) is 10.5. The fourth-order valence-electron chi connectivity index (χ4n) is 2.74. The largest absolute Gasteiger partial charge is 0.380 e. The van der Waals surface area contributed by atoms with Gasteiger partial charge < -0.3 is 18.7 Å². The highest BCUT2D eigenvalue weighted by atomic mass is 16.5. The van der Waals surface area contributed by atoms with Crippen LogP contribution in [-0.4, -0.2) is 46.0 Å². The fourth-order valence-corrected chi connectivity index (χ4v) is 2.74. The van der Waals surface area contributed by atoms with Crippen molar-refractivity contribution >= 4 is 11.8 Å². The van der Waals surface area contributed by atoms with E-state index in [1.54, 1.807) is 25.0 Å². The van der Waals surface area contributed by atoms with E-state index in [-0.39, 0.29) is 23.6 Å². The Morgan fingerprint density at radius 3 is 2.68 bits per heavy atom. The van der Waals surface area contributed by atoms with Crippen molar-refractivity contribution in [1.82, 2.24) is 20.2 Å². The van der Waals surface area contributed by atoms with Crippen LogP contribution in [0.4, 0.5) is 10.6 Å². The number of methoxy groups -OCH3 is 1. The van der Waals surface area contributed by atoms with Crippen LogP contribution >= 0.6 is 0 Å². The zero-order valence-corrected chi connectivity index (χ0v) is 15.1. The minimum atomic E-state index is -0.333. The summed E-state index contributed by atoms with van der Waals surface area (Å²) in [6, 6.07) is 1.09. The molecule has 2 aromatic rings. The predicted octanol–water partition coefficient (Wildman–Crippen LogP) is 2.66. The number of ether oxygens (including phenoxy) is 1. The van der Waals surface area contributed by atoms with Crippen molar-refractivity contribution in [2.45, 2.75) is 51.7 Å². The van der Waals surface area contributed by atoms with Gasteiger partial charge in [-0.25, -0.2) is 4.79 Å². The molecule has 9 nitrogen and oxygen atoms in total. The van der Waals surface area contributed by atoms with Gasteiger partial charge in [0, 0.05) is 31.6 Å². The molecule has 2 amide bonds. The summed E-state index contributed by atoms with van der Waals surface area (Å²) in [4.78, 5) is 18.6. The van der Waals surface area contributed by atoms with Crippen molar-refractivity contribution < 1.29 is 18.6 Å². The van der Waals surface area contributed by atoms with Gasteiger partial charge in [-0.05, 0) is 6.92 Å². The lowest BCUT2D eigenvalue weighted by atomic mass is 9.93. The van der Waals surface area contributed by atoms with Gasteiger partial charge in [-0.15, -0.1) is 0 Å². The topological polar surface area (TPSA) is 107 Å². The molecular formula is C16H23N5O4. The Hall–Kier alpha value is -2.42. The zero-order valence-electron chi connectivity index (χ0n) is 15.1. The van der Waals surface area contributed by atoms with Gasteiger partial charge in [0.05, 0.1) is 6.10 Å². The summed E-state index contributed by atoms with van der Waals surface area (Å²) in [7, 11) is 1.62. The number of amides is 2. The maximum Gasteiger partial charge on any atom is 0.323 e. The first-order chi connectivity index (χ1) is 11.8. The van der Waals surface area contributed by atoms with Crippen LogP contribution in [0, 0.1) is 6.92 Å². The molecule has 1 saturated heterocycles. The maximum absolute atomic E-state index is 12.7. The molecule has 9 heteroatoms. The highest BCUT2D eigenvalue weighted by Gasteiger charge is 2.40. The number of nitrogens with zero attached hydrogens (tertiary/aromatic N) is 4. The number of hydrogen-bond donors (Lipinski definition) is 1. The quantitative estimate of drug-likeness (QED) is 0.907. The van der Waals surface area contributed by atoms with Crippen molar-refractivity contribution in [3.05, 3.63) is 23.5 Å². The Morgan fingerprint density at radius 2 is 2.12 bits per heavy atom. The number of likely N-dealkylation sites (tertiary alicyclic amines) is 1. The van der Waals surface area contributed by atoms with Crippen molar-refractivity contribution in [2.75, 3.05) is 19.0 Å². The average Bonchev–Trinajstić information content (AvgIpc) is 3.24. The van der Waals surface area contributed by atoms with E-state index in [1.807, 2.05) is 20.8 Å². The normalized spacial score (nSPS) is 20.9. The number of nitrogens with one attached hydrogen (secondary N) is 1. The lowest BCUT2D eigenvalue weighted by Gasteiger charge is -2.21. The van der Waals surface area contributed by atoms with E-state index in [0.29, 0.717) is 36.3 Å². The molecule has 1 fully saturated rings. The maximum atomic E-state index is 12.7. The van der Waals surface area contributed by atoms with Gasteiger partial charge in [-0.1, -0.05) is 31.1 Å². The second kappa shape index (κ2) is 6.47. The van der Waals surface area contributed by atoms with Crippen molar-refractivity contribution in [2.24, 2.45) is 0 Å². The Kier molecular flexibility index (Phi) is 4.51. The highest BCUT2D eigenvalue weighted by molar-refractivity contribution is 5.88. The molecule has 136 valence electrons. The molecule has 0 aromatic carbocycles. The molecule has 0 saturated carbocycles. The van der Waals surface area contributed by atoms with Gasteiger partial charge in [0.1, 0.15) is 11.8 Å². The number of aryl methyl sites for hydroxylation is 1. The van der Waals surface area contributed by atoms with Crippen molar-refractivity contribution in [1.29, 1.82) is 0 Å². The second-order valence-corrected chi connectivity index (χ2v) is 7.20. The molecule has 0 bridgehead atoms. The summed E-state index contributed by atoms with van der Waals surface area (Å²) in [5.41, 5.74) is -0.186. The first-order valence-corrected chi connectivity index (χ1v) is 8.15. The number of carbonyl (C=O) groups excluding carboxylic acids is 1. The van der Waals surface area contributed by atoms with Crippen LogP contribution < -0.4 is 5.32 Å². The van der Waals surface area contributed by atoms with Crippen LogP contribution in [0.15, 0.2) is 15.1 Å². The number of aromatic nitrogens is 3. The number of carbonyl (C=O) groups is 1. The molecule has 0 aliphatic carbocycles. The number of urea groups is 1. The minimum Gasteiger partial charge on any atom is -0.380 e. The van der Waals surface area contributed by atoms with Crippen molar-refractivity contribution in [3.8, 4) is 0 Å². The molecule has 1 aliphatic rings. The van der Waals surface area contributed by atoms with Gasteiger partial charge in [-0.2, -0.15) is 4.98 Å². The summed E-state index contributed by atoms with van der Waals surface area (Å²) in [6.07, 6.45) is 0.503. The summed E-state index contributed by atoms with van der Waals surface area (Å²) in [6.45, 7) is 8.20. The van der Waals surface area contributed by atoms with Gasteiger partial charge in [0.2, 0.25) is 5.89 Å². The van der Waals surface area contributed by atoms with Crippen molar-refractivity contribution in [3.63, 3.8) is 0 Å². The summed E-state index contributed by atoms with van der Waals surface area (Å²) in [5.74, 6) is 2.00. The van der Waals surface area contributed by atoms with Crippen LogP contribution in [0.1, 0.15) is 50.7 Å². The average molecular weight is 349 g/mol. The molecule has 0 radical (unpaired) electrons. The second-order valence-electron chi connectivity index (χ2n) is 7.20. The van der Waals surface area contributed by atoms with E-state index in [9.17, 15) is 4.79 Å². The van der Waals surface area contributed by atoms with Gasteiger partial charge >= 0.3 is 6.03 Å². The molecule has 25 heavy (non-hydrogen) atoms. The Labute approximate surface area is 145 Å². The van der Waals surface area contributed by atoms with Gasteiger partial charge in [-0.3, -0.25) is 5.32 Å². The molecule has 2 atom stereocenters. The van der Waals surface area contributed by atoms with Crippen LogP contribution in [-0.2, 0) is 10.2 Å². The highest BCUT2D eigenvalue weighted by Crippen LogP contribution is 2.33. The van der Waals surface area contributed by atoms with Crippen LogP contribution in [0.2, 0.25) is 0 Å². The monoisotopic (exact) mass is 349 g/mol. The molecule has 1 N–H and O–H groups in total. The van der Waals surface area contributed by atoms with E-state index in [1.165, 1.54) is 0 Å². The molecule has 2 aromatic heterocycles. The van der Waals surface area contributed by atoms with E-state index in [2.05, 4.69) is 20.6 Å². The molecule has 0 unspecified atom stereocenters. The number of rotatable bonds is 3. The molecule has 1 aliphatic heterocycles. The minimum absolute atomic E-state index is 0.0922. The van der Waals surface area contributed by atoms with E-state index in [0.717, 1.165) is 0 Å². The third kappa shape index (κ3) is 3.65. The summed E-state index contributed by atoms with van der Waals surface area (Å²) >= 11 is 0. The van der Waals surface area contributed by atoms with E-state index < -0.39 is 0 Å². The Balaban J connectivity index is 1.76. The van der Waals surface area contributed by atoms with Gasteiger partial charge in [0.15, 0.2) is 11.6 Å². The zero-order chi connectivity index (χ0) is 18.2. The van der Waals surface area contributed by atoms with E-state index in [4.69, 9.17) is 13.8 Å². The van der Waals surface area contributed by atoms with Gasteiger partial charge in [0.25, 0.3) is 0 Å². The molecular weight excluding hydrogens is 326 g/mol. The summed E-state index contributed by atoms with van der Waals surface area (Å²) < 4.78 is 16.0. The van der Waals surface area contributed by atoms with Crippen LogP contribution in [0.5, 0.6) is 0 Å². The molecule has 3 rings (SSSR count).